The van der Waals surface area contributed by atoms with E-state index in [1.54, 1.807) is 0 Å². The Morgan fingerprint density at radius 2 is 2.00 bits per heavy atom. The van der Waals surface area contributed by atoms with E-state index in [4.69, 9.17) is 9.84 Å². The number of quaternary nitrogens is 1. The van der Waals surface area contributed by atoms with Crippen molar-refractivity contribution in [3.05, 3.63) is 0 Å². The summed E-state index contributed by atoms with van der Waals surface area (Å²) in [5.74, 6) is 0. The van der Waals surface area contributed by atoms with Crippen LogP contribution in [0.2, 0.25) is 0 Å². The molecule has 84 valence electrons. The molecule has 1 rings (SSSR count). The smallest absolute Gasteiger partial charge is 0.190 e. The molecule has 0 saturated carbocycles. The molecule has 1 heterocycles. The molecule has 1 aliphatic heterocycles. The van der Waals surface area contributed by atoms with Gasteiger partial charge < -0.3 is 9.84 Å². The van der Waals surface area contributed by atoms with Crippen LogP contribution in [-0.2, 0) is 4.74 Å². The van der Waals surface area contributed by atoms with Gasteiger partial charge in [0.15, 0.2) is 6.23 Å². The van der Waals surface area contributed by atoms with E-state index in [1.165, 1.54) is 0 Å². The minimum absolute atomic E-state index is 0.115. The first-order valence-corrected chi connectivity index (χ1v) is 5.34. The van der Waals surface area contributed by atoms with Crippen LogP contribution in [0.15, 0.2) is 0 Å². The lowest BCUT2D eigenvalue weighted by Gasteiger charge is -2.44. The van der Waals surface area contributed by atoms with Gasteiger partial charge in [0, 0.05) is 20.0 Å². The van der Waals surface area contributed by atoms with Gasteiger partial charge in [0.1, 0.15) is 0 Å². The molecule has 0 spiro atoms. The van der Waals surface area contributed by atoms with Crippen LogP contribution in [0.5, 0.6) is 0 Å². The van der Waals surface area contributed by atoms with Crippen molar-refractivity contribution in [2.45, 2.75) is 13.2 Å². The van der Waals surface area contributed by atoms with E-state index in [1.807, 2.05) is 0 Å². The van der Waals surface area contributed by atoms with Crippen LogP contribution in [0.4, 0.5) is 0 Å². The number of ether oxygens (including phenoxy) is 1. The van der Waals surface area contributed by atoms with Gasteiger partial charge in [-0.2, -0.15) is 0 Å². The molecular weight excluding hydrogens is 180 g/mol. The first kappa shape index (κ1) is 11.9. The van der Waals surface area contributed by atoms with Gasteiger partial charge in [-0.25, -0.2) is 0 Å². The SMILES string of the molecule is CC(OCCO)[N+]1(C)CCN(C)CC1. The fourth-order valence-corrected chi connectivity index (χ4v) is 1.79. The number of rotatable bonds is 4. The molecule has 0 aromatic heterocycles. The average Bonchev–Trinajstić information content (AvgIpc) is 2.19. The predicted octanol–water partition coefficient (Wildman–Crippen LogP) is -0.267. The molecule has 4 heteroatoms. The number of likely N-dealkylation sites (N-methyl/N-ethyl adjacent to an activating group) is 2. The Balaban J connectivity index is 2.40. The second-order valence-corrected chi connectivity index (χ2v) is 4.42. The second-order valence-electron chi connectivity index (χ2n) is 4.42. The third-order valence-corrected chi connectivity index (χ3v) is 3.31. The van der Waals surface area contributed by atoms with Crippen LogP contribution in [0.3, 0.4) is 0 Å². The van der Waals surface area contributed by atoms with Crippen molar-refractivity contribution in [3.8, 4) is 0 Å². The molecule has 1 saturated heterocycles. The molecule has 0 radical (unpaired) electrons. The molecule has 0 aromatic carbocycles. The monoisotopic (exact) mass is 203 g/mol. The second kappa shape index (κ2) is 5.07. The van der Waals surface area contributed by atoms with E-state index >= 15 is 0 Å². The largest absolute Gasteiger partial charge is 0.394 e. The van der Waals surface area contributed by atoms with E-state index in [0.29, 0.717) is 6.61 Å². The molecule has 1 aliphatic rings. The maximum atomic E-state index is 8.70. The Bertz CT molecular complexity index is 168. The van der Waals surface area contributed by atoms with Gasteiger partial charge in [0.2, 0.25) is 0 Å². The van der Waals surface area contributed by atoms with E-state index in [2.05, 4.69) is 25.9 Å². The lowest BCUT2D eigenvalue weighted by Crippen LogP contribution is -2.61. The number of hydrogen-bond acceptors (Lipinski definition) is 3. The van der Waals surface area contributed by atoms with Gasteiger partial charge >= 0.3 is 0 Å². The van der Waals surface area contributed by atoms with Crippen LogP contribution in [-0.4, -0.2) is 74.2 Å². The third kappa shape index (κ3) is 2.92. The van der Waals surface area contributed by atoms with Crippen LogP contribution >= 0.6 is 0 Å². The van der Waals surface area contributed by atoms with Crippen molar-refractivity contribution in [2.24, 2.45) is 0 Å². The molecule has 1 N–H and O–H groups in total. The highest BCUT2D eigenvalue weighted by Gasteiger charge is 2.33. The zero-order valence-electron chi connectivity index (χ0n) is 9.57. The number of hydrogen-bond donors (Lipinski definition) is 1. The van der Waals surface area contributed by atoms with E-state index in [0.717, 1.165) is 30.7 Å². The Hall–Kier alpha value is -0.160. The summed E-state index contributed by atoms with van der Waals surface area (Å²) in [5, 5.41) is 8.70. The van der Waals surface area contributed by atoms with Gasteiger partial charge in [-0.1, -0.05) is 0 Å². The molecule has 0 aliphatic carbocycles. The van der Waals surface area contributed by atoms with E-state index < -0.39 is 0 Å². The predicted molar refractivity (Wildman–Crippen MR) is 55.9 cm³/mol. The first-order valence-electron chi connectivity index (χ1n) is 5.34. The van der Waals surface area contributed by atoms with Crippen LogP contribution in [0.25, 0.3) is 0 Å². The fourth-order valence-electron chi connectivity index (χ4n) is 1.79. The minimum atomic E-state index is 0.115. The molecule has 1 fully saturated rings. The van der Waals surface area contributed by atoms with Crippen LogP contribution in [0, 0.1) is 0 Å². The number of nitrogens with zero attached hydrogens (tertiary/aromatic N) is 2. The van der Waals surface area contributed by atoms with Gasteiger partial charge in [0.05, 0.1) is 33.4 Å². The van der Waals surface area contributed by atoms with E-state index in [9.17, 15) is 0 Å². The Labute approximate surface area is 86.7 Å². The first-order chi connectivity index (χ1) is 6.58. The minimum Gasteiger partial charge on any atom is -0.394 e. The summed E-state index contributed by atoms with van der Waals surface area (Å²) < 4.78 is 6.54. The molecule has 0 aromatic rings. The maximum Gasteiger partial charge on any atom is 0.190 e. The van der Waals surface area contributed by atoms with Crippen molar-refractivity contribution in [1.82, 2.24) is 4.90 Å². The highest BCUT2D eigenvalue weighted by Crippen LogP contribution is 2.15. The summed E-state index contributed by atoms with van der Waals surface area (Å²) in [4.78, 5) is 2.35. The number of piperazine rings is 1. The van der Waals surface area contributed by atoms with Crippen molar-refractivity contribution < 1.29 is 14.3 Å². The standard InChI is InChI=1S/C10H23N2O2/c1-10(14-9-8-13)12(3)6-4-11(2)5-7-12/h10,13H,4-9H2,1-3H3/q+1. The normalized spacial score (nSPS) is 24.9. The lowest BCUT2D eigenvalue weighted by atomic mass is 10.2. The van der Waals surface area contributed by atoms with E-state index in [-0.39, 0.29) is 12.8 Å². The summed E-state index contributed by atoms with van der Waals surface area (Å²) in [6.07, 6.45) is 0.191. The van der Waals surface area contributed by atoms with Gasteiger partial charge in [-0.15, -0.1) is 0 Å². The molecule has 1 atom stereocenters. The molecule has 0 amide bonds. The Morgan fingerprint density at radius 1 is 1.43 bits per heavy atom. The van der Waals surface area contributed by atoms with Crippen molar-refractivity contribution in [3.63, 3.8) is 0 Å². The summed E-state index contributed by atoms with van der Waals surface area (Å²) in [7, 11) is 4.39. The fraction of sp³-hybridized carbons (Fsp3) is 1.00. The molecular formula is C10H23N2O2+. The lowest BCUT2D eigenvalue weighted by molar-refractivity contribution is -0.956. The van der Waals surface area contributed by atoms with Crippen molar-refractivity contribution >= 4 is 0 Å². The molecule has 14 heavy (non-hydrogen) atoms. The molecule has 0 bridgehead atoms. The average molecular weight is 203 g/mol. The van der Waals surface area contributed by atoms with Crippen molar-refractivity contribution in [2.75, 3.05) is 53.5 Å². The highest BCUT2D eigenvalue weighted by molar-refractivity contribution is 4.58. The topological polar surface area (TPSA) is 32.7 Å². The number of aliphatic hydroxyl groups excluding tert-OH is 1. The summed E-state index contributed by atoms with van der Waals surface area (Å²) in [6.45, 7) is 7.18. The Kier molecular flexibility index (Phi) is 4.31. The molecule has 1 unspecified atom stereocenters. The third-order valence-electron chi connectivity index (χ3n) is 3.31. The Morgan fingerprint density at radius 3 is 2.50 bits per heavy atom. The zero-order valence-corrected chi connectivity index (χ0v) is 9.57. The molecule has 4 nitrogen and oxygen atoms in total. The van der Waals surface area contributed by atoms with Crippen LogP contribution in [0.1, 0.15) is 6.92 Å². The summed E-state index contributed by atoms with van der Waals surface area (Å²) >= 11 is 0. The number of aliphatic hydroxyl groups is 1. The maximum absolute atomic E-state index is 8.70. The highest BCUT2D eigenvalue weighted by atomic mass is 16.5. The van der Waals surface area contributed by atoms with Crippen LogP contribution < -0.4 is 0 Å². The van der Waals surface area contributed by atoms with Gasteiger partial charge in [-0.3, -0.25) is 9.38 Å². The van der Waals surface area contributed by atoms with Gasteiger partial charge in [0.25, 0.3) is 0 Å². The summed E-state index contributed by atoms with van der Waals surface area (Å²) in [5.41, 5.74) is 0. The summed E-state index contributed by atoms with van der Waals surface area (Å²) in [6, 6.07) is 0. The van der Waals surface area contributed by atoms with Crippen molar-refractivity contribution in [1.29, 1.82) is 0 Å². The zero-order chi connectivity index (χ0) is 10.6. The van der Waals surface area contributed by atoms with Gasteiger partial charge in [-0.05, 0) is 7.05 Å². The quantitative estimate of drug-likeness (QED) is 0.639.